The summed E-state index contributed by atoms with van der Waals surface area (Å²) in [5, 5.41) is 3.76. The molecule has 1 amide bonds. The molecule has 0 saturated heterocycles. The average molecular weight is 421 g/mol. The maximum absolute atomic E-state index is 12.6. The molecule has 2 aromatic carbocycles. The largest absolute Gasteiger partial charge is 0.356 e. The Morgan fingerprint density at radius 2 is 1.83 bits per heavy atom. The number of imidazole rings is 1. The first-order valence-electron chi connectivity index (χ1n) is 10.2. The first kappa shape index (κ1) is 20.2. The molecular weight excluding hydrogens is 396 g/mol. The van der Waals surface area contributed by atoms with Crippen molar-refractivity contribution in [2.24, 2.45) is 0 Å². The van der Waals surface area contributed by atoms with Crippen molar-refractivity contribution in [3.63, 3.8) is 0 Å². The maximum atomic E-state index is 12.6. The summed E-state index contributed by atoms with van der Waals surface area (Å²) < 4.78 is 2.11. The Kier molecular flexibility index (Phi) is 6.50. The summed E-state index contributed by atoms with van der Waals surface area (Å²) in [4.78, 5) is 20.5. The van der Waals surface area contributed by atoms with Gasteiger partial charge in [-0.2, -0.15) is 0 Å². The molecule has 4 rings (SSSR count). The standard InChI is InChI=1S/C24H25ClN4O/c25-20-11-9-18(10-12-20)19(17-29-14-3-4-15-29)16-24(30)26-13-5-8-23-27-21-6-1-2-7-22(21)28-23/h1-4,6-7,9-12,14-15,19H,5,8,13,16-17H2,(H,26,30)(H,27,28)/t19-/m0/s1. The highest BCUT2D eigenvalue weighted by Gasteiger charge is 2.17. The lowest BCUT2D eigenvalue weighted by Crippen LogP contribution is -2.27. The van der Waals surface area contributed by atoms with Crippen molar-refractivity contribution in [2.75, 3.05) is 6.54 Å². The quantitative estimate of drug-likeness (QED) is 0.377. The Balaban J connectivity index is 1.30. The number of nitrogens with one attached hydrogen (secondary N) is 2. The number of carbonyl (C=O) groups is 1. The second kappa shape index (κ2) is 9.63. The van der Waals surface area contributed by atoms with Gasteiger partial charge in [-0.1, -0.05) is 35.9 Å². The van der Waals surface area contributed by atoms with Crippen LogP contribution in [0.5, 0.6) is 0 Å². The fourth-order valence-corrected chi connectivity index (χ4v) is 3.80. The van der Waals surface area contributed by atoms with Gasteiger partial charge < -0.3 is 14.9 Å². The molecule has 0 saturated carbocycles. The van der Waals surface area contributed by atoms with Crippen LogP contribution in [0.15, 0.2) is 73.1 Å². The Hall–Kier alpha value is -3.05. The number of fused-ring (bicyclic) bond motifs is 1. The predicted octanol–water partition coefficient (Wildman–Crippen LogP) is 4.94. The van der Waals surface area contributed by atoms with Crippen molar-refractivity contribution in [2.45, 2.75) is 31.7 Å². The van der Waals surface area contributed by atoms with Crippen molar-refractivity contribution in [3.8, 4) is 0 Å². The number of hydrogen-bond acceptors (Lipinski definition) is 2. The molecule has 154 valence electrons. The van der Waals surface area contributed by atoms with Gasteiger partial charge in [0.1, 0.15) is 5.82 Å². The van der Waals surface area contributed by atoms with Crippen molar-refractivity contribution >= 4 is 28.5 Å². The second-order valence-electron chi connectivity index (χ2n) is 7.49. The number of rotatable bonds is 9. The average Bonchev–Trinajstić information content (AvgIpc) is 3.40. The second-order valence-corrected chi connectivity index (χ2v) is 7.92. The van der Waals surface area contributed by atoms with Gasteiger partial charge in [0.15, 0.2) is 0 Å². The number of benzene rings is 2. The molecule has 2 N–H and O–H groups in total. The number of halogens is 1. The molecule has 0 aliphatic carbocycles. The summed E-state index contributed by atoms with van der Waals surface area (Å²) in [7, 11) is 0. The first-order valence-corrected chi connectivity index (χ1v) is 10.6. The number of aromatic nitrogens is 3. The molecule has 2 heterocycles. The first-order chi connectivity index (χ1) is 14.7. The molecule has 4 aromatic rings. The SMILES string of the molecule is O=C(C[C@@H](Cn1cccc1)c1ccc(Cl)cc1)NCCCc1nc2ccccc2[nH]1. The van der Waals surface area contributed by atoms with Gasteiger partial charge in [0.25, 0.3) is 0 Å². The zero-order valence-electron chi connectivity index (χ0n) is 16.7. The van der Waals surface area contributed by atoms with Gasteiger partial charge in [-0.05, 0) is 48.4 Å². The van der Waals surface area contributed by atoms with Crippen molar-refractivity contribution in [1.29, 1.82) is 0 Å². The molecular formula is C24H25ClN4O. The van der Waals surface area contributed by atoms with Crippen LogP contribution in [0.25, 0.3) is 11.0 Å². The maximum Gasteiger partial charge on any atom is 0.220 e. The highest BCUT2D eigenvalue weighted by atomic mass is 35.5. The minimum absolute atomic E-state index is 0.0618. The zero-order valence-corrected chi connectivity index (χ0v) is 17.5. The van der Waals surface area contributed by atoms with Crippen molar-refractivity contribution < 1.29 is 4.79 Å². The molecule has 0 bridgehead atoms. The van der Waals surface area contributed by atoms with E-state index in [1.165, 1.54) is 0 Å². The minimum atomic E-state index is 0.0618. The minimum Gasteiger partial charge on any atom is -0.356 e. The van der Waals surface area contributed by atoms with E-state index in [1.807, 2.05) is 73.1 Å². The topological polar surface area (TPSA) is 62.7 Å². The van der Waals surface area contributed by atoms with E-state index in [9.17, 15) is 4.79 Å². The van der Waals surface area contributed by atoms with Gasteiger partial charge in [-0.25, -0.2) is 4.98 Å². The van der Waals surface area contributed by atoms with Crippen LogP contribution in [0, 0.1) is 0 Å². The van der Waals surface area contributed by atoms with Gasteiger partial charge in [-0.3, -0.25) is 4.79 Å². The number of hydrogen-bond donors (Lipinski definition) is 2. The molecule has 0 radical (unpaired) electrons. The number of aromatic amines is 1. The Morgan fingerprint density at radius 3 is 2.60 bits per heavy atom. The number of amides is 1. The van der Waals surface area contributed by atoms with Crippen LogP contribution < -0.4 is 5.32 Å². The fourth-order valence-electron chi connectivity index (χ4n) is 3.67. The van der Waals surface area contributed by atoms with E-state index >= 15 is 0 Å². The van der Waals surface area contributed by atoms with Crippen molar-refractivity contribution in [3.05, 3.63) is 89.5 Å². The van der Waals surface area contributed by atoms with Gasteiger partial charge in [0.05, 0.1) is 11.0 Å². The molecule has 0 spiro atoms. The van der Waals surface area contributed by atoms with E-state index in [0.29, 0.717) is 18.0 Å². The smallest absolute Gasteiger partial charge is 0.220 e. The third kappa shape index (κ3) is 5.30. The zero-order chi connectivity index (χ0) is 20.8. The van der Waals surface area contributed by atoms with Gasteiger partial charge in [0.2, 0.25) is 5.91 Å². The van der Waals surface area contributed by atoms with Crippen LogP contribution in [-0.4, -0.2) is 27.0 Å². The van der Waals surface area contributed by atoms with E-state index < -0.39 is 0 Å². The lowest BCUT2D eigenvalue weighted by atomic mass is 9.95. The molecule has 1 atom stereocenters. The number of aryl methyl sites for hydroxylation is 1. The number of para-hydroxylation sites is 2. The normalized spacial score (nSPS) is 12.2. The van der Waals surface area contributed by atoms with Crippen LogP contribution in [0.4, 0.5) is 0 Å². The Bertz CT molecular complexity index is 1050. The lowest BCUT2D eigenvalue weighted by molar-refractivity contribution is -0.121. The highest BCUT2D eigenvalue weighted by molar-refractivity contribution is 6.30. The lowest BCUT2D eigenvalue weighted by Gasteiger charge is -2.18. The van der Waals surface area contributed by atoms with E-state index in [-0.39, 0.29) is 11.8 Å². The fraction of sp³-hybridized carbons (Fsp3) is 0.250. The van der Waals surface area contributed by atoms with E-state index in [4.69, 9.17) is 11.6 Å². The summed E-state index contributed by atoms with van der Waals surface area (Å²) in [6.45, 7) is 1.38. The van der Waals surface area contributed by atoms with Crippen LogP contribution in [0.2, 0.25) is 5.02 Å². The molecule has 30 heavy (non-hydrogen) atoms. The Labute approximate surface area is 181 Å². The van der Waals surface area contributed by atoms with Gasteiger partial charge >= 0.3 is 0 Å². The number of nitrogens with zero attached hydrogens (tertiary/aromatic N) is 2. The van der Waals surface area contributed by atoms with Crippen LogP contribution in [0.3, 0.4) is 0 Å². The Morgan fingerprint density at radius 1 is 1.07 bits per heavy atom. The van der Waals surface area contributed by atoms with Gasteiger partial charge in [0, 0.05) is 49.3 Å². The molecule has 6 heteroatoms. The van der Waals surface area contributed by atoms with Crippen LogP contribution in [-0.2, 0) is 17.8 Å². The number of carbonyl (C=O) groups excluding carboxylic acids is 1. The monoisotopic (exact) mass is 420 g/mol. The van der Waals surface area contributed by atoms with Crippen molar-refractivity contribution in [1.82, 2.24) is 19.9 Å². The third-order valence-corrected chi connectivity index (χ3v) is 5.47. The number of H-pyrrole nitrogens is 1. The predicted molar refractivity (Wildman–Crippen MR) is 121 cm³/mol. The van der Waals surface area contributed by atoms with E-state index in [0.717, 1.165) is 41.8 Å². The summed E-state index contributed by atoms with van der Waals surface area (Å²) in [5.41, 5.74) is 3.14. The van der Waals surface area contributed by atoms with Gasteiger partial charge in [-0.15, -0.1) is 0 Å². The summed E-state index contributed by atoms with van der Waals surface area (Å²) in [6, 6.07) is 19.8. The van der Waals surface area contributed by atoms with E-state index in [1.54, 1.807) is 0 Å². The molecule has 5 nitrogen and oxygen atoms in total. The van der Waals surface area contributed by atoms with E-state index in [2.05, 4.69) is 19.9 Å². The highest BCUT2D eigenvalue weighted by Crippen LogP contribution is 2.24. The molecule has 2 aromatic heterocycles. The van der Waals surface area contributed by atoms with Crippen LogP contribution in [0.1, 0.15) is 30.1 Å². The molecule has 0 unspecified atom stereocenters. The summed E-state index contributed by atoms with van der Waals surface area (Å²) >= 11 is 6.03. The molecule has 0 fully saturated rings. The molecule has 0 aliphatic rings. The molecule has 0 aliphatic heterocycles. The third-order valence-electron chi connectivity index (χ3n) is 5.22. The van der Waals surface area contributed by atoms with Crippen LogP contribution >= 0.6 is 11.6 Å². The summed E-state index contributed by atoms with van der Waals surface area (Å²) in [5.74, 6) is 1.11. The summed E-state index contributed by atoms with van der Waals surface area (Å²) in [6.07, 6.45) is 6.13.